The average molecular weight is 398 g/mol. The number of anilines is 1. The van der Waals surface area contributed by atoms with Gasteiger partial charge in [-0.1, -0.05) is 25.4 Å². The SMILES string of the molecule is CC(C)(CCCCc1noc(C(F)(F)F)n1)C(=O)Nc1ccc(C(N)=O)cc1. The minimum atomic E-state index is -4.65. The van der Waals surface area contributed by atoms with Gasteiger partial charge in [0.1, 0.15) is 0 Å². The second-order valence-electron chi connectivity index (χ2n) is 7.00. The molecule has 0 aliphatic heterocycles. The Morgan fingerprint density at radius 3 is 2.32 bits per heavy atom. The van der Waals surface area contributed by atoms with Crippen LogP contribution in [0.15, 0.2) is 28.8 Å². The summed E-state index contributed by atoms with van der Waals surface area (Å²) in [4.78, 5) is 26.8. The standard InChI is InChI=1S/C18H21F3N4O3/c1-17(2,15(27)23-12-8-6-11(7-9-12)14(22)26)10-4-3-5-13-24-16(28-25-13)18(19,20)21/h6-9H,3-5,10H2,1-2H3,(H2,22,26)(H,23,27). The van der Waals surface area contributed by atoms with Crippen LogP contribution in [0, 0.1) is 5.41 Å². The van der Waals surface area contributed by atoms with Gasteiger partial charge in [-0.05, 0) is 37.1 Å². The van der Waals surface area contributed by atoms with Crippen LogP contribution in [0.4, 0.5) is 18.9 Å². The fourth-order valence-corrected chi connectivity index (χ4v) is 2.45. The molecule has 152 valence electrons. The summed E-state index contributed by atoms with van der Waals surface area (Å²) in [5.41, 5.74) is 5.35. The number of rotatable bonds is 8. The topological polar surface area (TPSA) is 111 Å². The second-order valence-corrected chi connectivity index (χ2v) is 7.00. The Morgan fingerprint density at radius 1 is 1.14 bits per heavy atom. The Hall–Kier alpha value is -2.91. The van der Waals surface area contributed by atoms with Gasteiger partial charge in [-0.2, -0.15) is 18.2 Å². The lowest BCUT2D eigenvalue weighted by molar-refractivity contribution is -0.159. The molecule has 0 saturated heterocycles. The molecule has 1 aromatic heterocycles. The van der Waals surface area contributed by atoms with Crippen molar-refractivity contribution in [3.63, 3.8) is 0 Å². The molecule has 0 bridgehead atoms. The number of carbonyl (C=O) groups is 2. The molecular weight excluding hydrogens is 377 g/mol. The van der Waals surface area contributed by atoms with Crippen molar-refractivity contribution in [3.8, 4) is 0 Å². The van der Waals surface area contributed by atoms with Crippen LogP contribution in [-0.4, -0.2) is 22.0 Å². The van der Waals surface area contributed by atoms with E-state index in [1.807, 2.05) is 0 Å². The molecule has 0 atom stereocenters. The maximum atomic E-state index is 12.5. The fourth-order valence-electron chi connectivity index (χ4n) is 2.45. The predicted octanol–water partition coefficient (Wildman–Crippen LogP) is 3.57. The summed E-state index contributed by atoms with van der Waals surface area (Å²) in [6.45, 7) is 3.55. The van der Waals surface area contributed by atoms with Crippen molar-refractivity contribution < 1.29 is 27.3 Å². The van der Waals surface area contributed by atoms with E-state index in [0.717, 1.165) is 0 Å². The fraction of sp³-hybridized carbons (Fsp3) is 0.444. The minimum Gasteiger partial charge on any atom is -0.366 e. The van der Waals surface area contributed by atoms with Crippen molar-refractivity contribution in [2.24, 2.45) is 11.1 Å². The van der Waals surface area contributed by atoms with Crippen molar-refractivity contribution in [1.82, 2.24) is 10.1 Å². The molecule has 0 aliphatic rings. The summed E-state index contributed by atoms with van der Waals surface area (Å²) in [6, 6.07) is 6.21. The van der Waals surface area contributed by atoms with Gasteiger partial charge in [-0.15, -0.1) is 0 Å². The number of amides is 2. The zero-order valence-corrected chi connectivity index (χ0v) is 15.5. The molecular formula is C18H21F3N4O3. The summed E-state index contributed by atoms with van der Waals surface area (Å²) in [6.07, 6.45) is -2.80. The number of nitrogens with one attached hydrogen (secondary N) is 1. The van der Waals surface area contributed by atoms with Crippen molar-refractivity contribution in [2.45, 2.75) is 45.7 Å². The maximum Gasteiger partial charge on any atom is 0.471 e. The lowest BCUT2D eigenvalue weighted by atomic mass is 9.85. The van der Waals surface area contributed by atoms with Gasteiger partial charge in [0, 0.05) is 23.1 Å². The molecule has 28 heavy (non-hydrogen) atoms. The van der Waals surface area contributed by atoms with Crippen LogP contribution in [0.3, 0.4) is 0 Å². The summed E-state index contributed by atoms with van der Waals surface area (Å²) in [5.74, 6) is -2.13. The minimum absolute atomic E-state index is 0.0101. The largest absolute Gasteiger partial charge is 0.471 e. The number of nitrogens with zero attached hydrogens (tertiary/aromatic N) is 2. The monoisotopic (exact) mass is 398 g/mol. The number of aromatic nitrogens is 2. The molecule has 2 aromatic rings. The van der Waals surface area contributed by atoms with Crippen LogP contribution in [0.2, 0.25) is 0 Å². The van der Waals surface area contributed by atoms with Gasteiger partial charge in [-0.25, -0.2) is 0 Å². The number of nitrogens with two attached hydrogens (primary N) is 1. The smallest absolute Gasteiger partial charge is 0.366 e. The van der Waals surface area contributed by atoms with E-state index in [9.17, 15) is 22.8 Å². The lowest BCUT2D eigenvalue weighted by Gasteiger charge is -2.23. The Bertz CT molecular complexity index is 829. The highest BCUT2D eigenvalue weighted by molar-refractivity contribution is 5.96. The molecule has 2 amide bonds. The van der Waals surface area contributed by atoms with Gasteiger partial charge >= 0.3 is 12.1 Å². The Labute approximate surface area is 159 Å². The third-order valence-electron chi connectivity index (χ3n) is 4.20. The van der Waals surface area contributed by atoms with Gasteiger partial charge in [0.15, 0.2) is 5.82 Å². The molecule has 2 rings (SSSR count). The summed E-state index contributed by atoms with van der Waals surface area (Å²) >= 11 is 0. The number of benzene rings is 1. The van der Waals surface area contributed by atoms with Gasteiger partial charge in [0.05, 0.1) is 0 Å². The first-order valence-electron chi connectivity index (χ1n) is 8.60. The molecule has 0 aliphatic carbocycles. The van der Waals surface area contributed by atoms with E-state index in [1.54, 1.807) is 26.0 Å². The lowest BCUT2D eigenvalue weighted by Crippen LogP contribution is -2.30. The number of hydrogen-bond acceptors (Lipinski definition) is 5. The van der Waals surface area contributed by atoms with Crippen molar-refractivity contribution in [2.75, 3.05) is 5.32 Å². The molecule has 10 heteroatoms. The average Bonchev–Trinajstić information content (AvgIpc) is 3.08. The molecule has 0 spiro atoms. The van der Waals surface area contributed by atoms with Crippen molar-refractivity contribution in [1.29, 1.82) is 0 Å². The Kier molecular flexibility index (Phi) is 6.42. The first kappa shape index (κ1) is 21.4. The molecule has 0 unspecified atom stereocenters. The number of halogens is 3. The van der Waals surface area contributed by atoms with E-state index < -0.39 is 23.4 Å². The van der Waals surface area contributed by atoms with E-state index in [2.05, 4.69) is 20.0 Å². The molecule has 7 nitrogen and oxygen atoms in total. The second kappa shape index (κ2) is 8.41. The van der Waals surface area contributed by atoms with E-state index in [4.69, 9.17) is 5.73 Å². The highest BCUT2D eigenvalue weighted by Crippen LogP contribution is 2.28. The van der Waals surface area contributed by atoms with Crippen LogP contribution in [0.5, 0.6) is 0 Å². The molecule has 1 aromatic carbocycles. The number of alkyl halides is 3. The van der Waals surface area contributed by atoms with E-state index in [1.165, 1.54) is 12.1 Å². The molecule has 3 N–H and O–H groups in total. The van der Waals surface area contributed by atoms with Crippen LogP contribution in [0.1, 0.15) is 55.2 Å². The summed E-state index contributed by atoms with van der Waals surface area (Å²) in [7, 11) is 0. The number of hydrogen-bond donors (Lipinski definition) is 2. The summed E-state index contributed by atoms with van der Waals surface area (Å²) < 4.78 is 41.4. The third kappa shape index (κ3) is 5.80. The van der Waals surface area contributed by atoms with Gasteiger partial charge in [0.25, 0.3) is 0 Å². The highest BCUT2D eigenvalue weighted by atomic mass is 19.4. The van der Waals surface area contributed by atoms with Crippen LogP contribution < -0.4 is 11.1 Å². The Balaban J connectivity index is 1.81. The molecule has 1 heterocycles. The van der Waals surface area contributed by atoms with Crippen molar-refractivity contribution in [3.05, 3.63) is 41.5 Å². The third-order valence-corrected chi connectivity index (χ3v) is 4.20. The number of aryl methyl sites for hydroxylation is 1. The number of primary amides is 1. The van der Waals surface area contributed by atoms with E-state index in [-0.39, 0.29) is 18.2 Å². The molecule has 0 fully saturated rings. The van der Waals surface area contributed by atoms with Crippen molar-refractivity contribution >= 4 is 17.5 Å². The van der Waals surface area contributed by atoms with Crippen LogP contribution >= 0.6 is 0 Å². The maximum absolute atomic E-state index is 12.5. The predicted molar refractivity (Wildman–Crippen MR) is 94.2 cm³/mol. The van der Waals surface area contributed by atoms with Gasteiger partial charge < -0.3 is 15.6 Å². The van der Waals surface area contributed by atoms with Crippen LogP contribution in [0.25, 0.3) is 0 Å². The number of unbranched alkanes of at least 4 members (excludes halogenated alkanes) is 1. The van der Waals surface area contributed by atoms with Crippen LogP contribution in [-0.2, 0) is 17.4 Å². The van der Waals surface area contributed by atoms with E-state index >= 15 is 0 Å². The zero-order valence-electron chi connectivity index (χ0n) is 15.5. The highest BCUT2D eigenvalue weighted by Gasteiger charge is 2.38. The van der Waals surface area contributed by atoms with Gasteiger partial charge in [0.2, 0.25) is 11.8 Å². The quantitative estimate of drug-likeness (QED) is 0.661. The summed E-state index contributed by atoms with van der Waals surface area (Å²) in [5, 5.41) is 6.08. The van der Waals surface area contributed by atoms with Gasteiger partial charge in [-0.3, -0.25) is 9.59 Å². The number of carbonyl (C=O) groups excluding carboxylic acids is 2. The van der Waals surface area contributed by atoms with E-state index in [0.29, 0.717) is 30.5 Å². The molecule has 0 saturated carbocycles. The first-order chi connectivity index (χ1) is 13.0. The Morgan fingerprint density at radius 2 is 1.79 bits per heavy atom. The first-order valence-corrected chi connectivity index (χ1v) is 8.60. The zero-order chi connectivity index (χ0) is 20.9. The molecule has 0 radical (unpaired) electrons. The normalized spacial score (nSPS) is 12.0.